The van der Waals surface area contributed by atoms with E-state index < -0.39 is 11.0 Å². The van der Waals surface area contributed by atoms with Crippen molar-refractivity contribution in [1.82, 2.24) is 0 Å². The van der Waals surface area contributed by atoms with Crippen molar-refractivity contribution in [2.24, 2.45) is 16.7 Å². The van der Waals surface area contributed by atoms with Gasteiger partial charge in [-0.15, -0.1) is 0 Å². The zero-order valence-corrected chi connectivity index (χ0v) is 13.3. The Morgan fingerprint density at radius 3 is 2.67 bits per heavy atom. The third kappa shape index (κ3) is 1.97. The molecule has 2 saturated carbocycles. The van der Waals surface area contributed by atoms with Gasteiger partial charge in [-0.3, -0.25) is 4.79 Å². The summed E-state index contributed by atoms with van der Waals surface area (Å²) >= 11 is 0. The van der Waals surface area contributed by atoms with Crippen LogP contribution in [0, 0.1) is 16.7 Å². The molecule has 2 N–H and O–H groups in total. The van der Waals surface area contributed by atoms with E-state index in [-0.39, 0.29) is 17.8 Å². The van der Waals surface area contributed by atoms with E-state index in [2.05, 4.69) is 13.8 Å². The van der Waals surface area contributed by atoms with E-state index in [1.807, 2.05) is 0 Å². The van der Waals surface area contributed by atoms with Crippen molar-refractivity contribution in [3.8, 4) is 0 Å². The Kier molecular flexibility index (Phi) is 3.23. The van der Waals surface area contributed by atoms with Crippen LogP contribution in [0.1, 0.15) is 52.9 Å². The van der Waals surface area contributed by atoms with E-state index in [0.717, 1.165) is 31.3 Å². The second-order valence-electron chi connectivity index (χ2n) is 7.92. The molecular weight excluding hydrogens is 264 g/mol. The molecule has 0 radical (unpaired) electrons. The minimum Gasteiger partial charge on any atom is -0.395 e. The summed E-state index contributed by atoms with van der Waals surface area (Å²) < 4.78 is 0. The van der Waals surface area contributed by atoms with Crippen LogP contribution in [0.15, 0.2) is 23.3 Å². The predicted molar refractivity (Wildman–Crippen MR) is 81.7 cm³/mol. The maximum absolute atomic E-state index is 12.1. The first kappa shape index (κ1) is 15.0. The quantitative estimate of drug-likeness (QED) is 0.780. The van der Waals surface area contributed by atoms with Crippen molar-refractivity contribution < 1.29 is 15.0 Å². The van der Waals surface area contributed by atoms with Crippen molar-refractivity contribution in [3.63, 3.8) is 0 Å². The van der Waals surface area contributed by atoms with Crippen LogP contribution in [0.2, 0.25) is 0 Å². The van der Waals surface area contributed by atoms with E-state index >= 15 is 0 Å². The Bertz CT molecular complexity index is 543. The van der Waals surface area contributed by atoms with E-state index in [9.17, 15) is 15.0 Å². The number of ketones is 1. The number of hydrogen-bond acceptors (Lipinski definition) is 3. The smallest absolute Gasteiger partial charge is 0.181 e. The van der Waals surface area contributed by atoms with E-state index in [1.54, 1.807) is 19.1 Å². The van der Waals surface area contributed by atoms with Gasteiger partial charge in [0.1, 0.15) is 5.60 Å². The number of aliphatic hydroxyl groups is 2. The Labute approximate surface area is 126 Å². The molecule has 0 unspecified atom stereocenters. The fourth-order valence-corrected chi connectivity index (χ4v) is 5.24. The van der Waals surface area contributed by atoms with E-state index in [4.69, 9.17) is 0 Å². The Morgan fingerprint density at radius 2 is 2.00 bits per heavy atom. The van der Waals surface area contributed by atoms with Crippen LogP contribution >= 0.6 is 0 Å². The third-order valence-electron chi connectivity index (χ3n) is 6.27. The van der Waals surface area contributed by atoms with Crippen LogP contribution in [0.4, 0.5) is 0 Å². The standard InChI is InChI=1S/C18H26O3/c1-12-10-18(21)8-5-14-16(2,3)6-4-7-17(14,11-19)15(18)9-13(12)20/h9-10,14,19,21H,4-8,11H2,1-3H3/t14-,17+,18+/m0/s1. The molecule has 0 aliphatic heterocycles. The fraction of sp³-hybridized carbons (Fsp3) is 0.722. The summed E-state index contributed by atoms with van der Waals surface area (Å²) in [4.78, 5) is 12.1. The predicted octanol–water partition coefficient (Wildman–Crippen LogP) is 2.77. The van der Waals surface area contributed by atoms with Gasteiger partial charge in [0.25, 0.3) is 0 Å². The van der Waals surface area contributed by atoms with Crippen LogP contribution in [-0.4, -0.2) is 28.2 Å². The first-order chi connectivity index (χ1) is 9.75. The molecule has 0 bridgehead atoms. The van der Waals surface area contributed by atoms with Gasteiger partial charge in [0.05, 0.1) is 6.61 Å². The maximum atomic E-state index is 12.1. The van der Waals surface area contributed by atoms with Gasteiger partial charge in [-0.2, -0.15) is 0 Å². The lowest BCUT2D eigenvalue weighted by Crippen LogP contribution is -2.57. The van der Waals surface area contributed by atoms with Crippen LogP contribution in [-0.2, 0) is 4.79 Å². The average molecular weight is 290 g/mol. The lowest BCUT2D eigenvalue weighted by atomic mass is 9.46. The Hall–Kier alpha value is -0.930. The third-order valence-corrected chi connectivity index (χ3v) is 6.27. The second-order valence-corrected chi connectivity index (χ2v) is 7.92. The summed E-state index contributed by atoms with van der Waals surface area (Å²) in [6.07, 6.45) is 7.95. The maximum Gasteiger partial charge on any atom is 0.181 e. The molecule has 3 aliphatic rings. The molecule has 0 aromatic rings. The SMILES string of the molecule is CC1=C[C@]2(O)CC[C@H]3C(C)(C)CCC[C@]3(CO)C2=CC1=O. The molecule has 0 amide bonds. The molecule has 3 rings (SSSR count). The summed E-state index contributed by atoms with van der Waals surface area (Å²) in [7, 11) is 0. The number of rotatable bonds is 1. The molecule has 0 heterocycles. The summed E-state index contributed by atoms with van der Waals surface area (Å²) in [5.41, 5.74) is 0.0641. The largest absolute Gasteiger partial charge is 0.395 e. The van der Waals surface area contributed by atoms with E-state index in [0.29, 0.717) is 17.9 Å². The van der Waals surface area contributed by atoms with Crippen LogP contribution in [0.5, 0.6) is 0 Å². The van der Waals surface area contributed by atoms with Gasteiger partial charge in [0.15, 0.2) is 5.78 Å². The highest BCUT2D eigenvalue weighted by atomic mass is 16.3. The highest BCUT2D eigenvalue weighted by Gasteiger charge is 2.58. The van der Waals surface area contributed by atoms with Gasteiger partial charge in [-0.05, 0) is 67.2 Å². The zero-order valence-electron chi connectivity index (χ0n) is 13.3. The molecule has 0 saturated heterocycles. The van der Waals surface area contributed by atoms with Gasteiger partial charge >= 0.3 is 0 Å². The van der Waals surface area contributed by atoms with Crippen molar-refractivity contribution in [3.05, 3.63) is 23.3 Å². The molecule has 3 atom stereocenters. The second kappa shape index (κ2) is 4.53. The van der Waals surface area contributed by atoms with E-state index in [1.165, 1.54) is 0 Å². The normalized spacial score (nSPS) is 41.8. The minimum absolute atomic E-state index is 0.0217. The summed E-state index contributed by atoms with van der Waals surface area (Å²) in [5, 5.41) is 21.3. The lowest BCUT2D eigenvalue weighted by Gasteiger charge is -2.59. The fourth-order valence-electron chi connectivity index (χ4n) is 5.24. The molecule has 3 heteroatoms. The molecule has 0 aromatic heterocycles. The number of allylic oxidation sites excluding steroid dienone is 2. The molecule has 2 fully saturated rings. The van der Waals surface area contributed by atoms with Crippen LogP contribution in [0.3, 0.4) is 0 Å². The summed E-state index contributed by atoms with van der Waals surface area (Å²) in [6, 6.07) is 0. The van der Waals surface area contributed by atoms with Gasteiger partial charge in [-0.25, -0.2) is 0 Å². The Balaban J connectivity index is 2.14. The monoisotopic (exact) mass is 290 g/mol. The van der Waals surface area contributed by atoms with Crippen molar-refractivity contribution in [2.75, 3.05) is 6.61 Å². The topological polar surface area (TPSA) is 57.5 Å². The molecule has 116 valence electrons. The summed E-state index contributed by atoms with van der Waals surface area (Å²) in [5.74, 6) is 0.307. The molecule has 21 heavy (non-hydrogen) atoms. The van der Waals surface area contributed by atoms with Crippen molar-refractivity contribution in [1.29, 1.82) is 0 Å². The molecule has 0 aromatic carbocycles. The van der Waals surface area contributed by atoms with Crippen molar-refractivity contribution >= 4 is 5.78 Å². The first-order valence-corrected chi connectivity index (χ1v) is 8.05. The first-order valence-electron chi connectivity index (χ1n) is 8.05. The molecule has 3 aliphatic carbocycles. The number of hydrogen-bond donors (Lipinski definition) is 2. The van der Waals surface area contributed by atoms with Gasteiger partial charge in [0.2, 0.25) is 0 Å². The molecule has 3 nitrogen and oxygen atoms in total. The minimum atomic E-state index is -1.04. The van der Waals surface area contributed by atoms with Gasteiger partial charge < -0.3 is 10.2 Å². The summed E-state index contributed by atoms with van der Waals surface area (Å²) in [6.45, 7) is 6.31. The Morgan fingerprint density at radius 1 is 1.29 bits per heavy atom. The number of carbonyl (C=O) groups is 1. The number of fused-ring (bicyclic) bond motifs is 3. The number of carbonyl (C=O) groups excluding carboxylic acids is 1. The van der Waals surface area contributed by atoms with Gasteiger partial charge in [0, 0.05) is 5.41 Å². The highest BCUT2D eigenvalue weighted by Crippen LogP contribution is 2.62. The van der Waals surface area contributed by atoms with Crippen LogP contribution in [0.25, 0.3) is 0 Å². The average Bonchev–Trinajstić information content (AvgIpc) is 2.40. The van der Waals surface area contributed by atoms with Crippen LogP contribution < -0.4 is 0 Å². The van der Waals surface area contributed by atoms with Gasteiger partial charge in [-0.1, -0.05) is 20.3 Å². The number of aliphatic hydroxyl groups excluding tert-OH is 1. The molecular formula is C18H26O3. The van der Waals surface area contributed by atoms with Crippen molar-refractivity contribution in [2.45, 2.75) is 58.5 Å². The molecule has 0 spiro atoms. The zero-order chi connectivity index (χ0) is 15.5. The lowest BCUT2D eigenvalue weighted by molar-refractivity contribution is -0.114. The highest BCUT2D eigenvalue weighted by molar-refractivity contribution is 6.05.